The van der Waals surface area contributed by atoms with Crippen LogP contribution in [0.25, 0.3) is 0 Å². The Morgan fingerprint density at radius 2 is 2.12 bits per heavy atom. The van der Waals surface area contributed by atoms with Crippen molar-refractivity contribution in [2.45, 2.75) is 31.9 Å². The van der Waals surface area contributed by atoms with Crippen LogP contribution >= 0.6 is 0 Å². The number of hydrogen-bond donors (Lipinski definition) is 0. The maximum atomic E-state index is 12.9. The highest BCUT2D eigenvalue weighted by Gasteiger charge is 2.38. The zero-order valence-electron chi connectivity index (χ0n) is 14.7. The molecule has 0 aliphatic carbocycles. The summed E-state index contributed by atoms with van der Waals surface area (Å²) < 4.78 is 16.1. The van der Waals surface area contributed by atoms with Gasteiger partial charge in [-0.3, -0.25) is 4.79 Å². The van der Waals surface area contributed by atoms with Gasteiger partial charge in [-0.25, -0.2) is 0 Å². The maximum Gasteiger partial charge on any atom is 0.276 e. The Bertz CT molecular complexity index is 686. The van der Waals surface area contributed by atoms with Gasteiger partial charge in [-0.05, 0) is 25.3 Å². The predicted octanol–water partition coefficient (Wildman–Crippen LogP) is 2.47. The molecule has 25 heavy (non-hydrogen) atoms. The number of amides is 1. The molecule has 1 aromatic heterocycles. The molecule has 1 amide bonds. The van der Waals surface area contributed by atoms with Gasteiger partial charge in [-0.2, -0.15) is 0 Å². The van der Waals surface area contributed by atoms with Crippen molar-refractivity contribution in [3.8, 4) is 0 Å². The van der Waals surface area contributed by atoms with Crippen molar-refractivity contribution in [3.63, 3.8) is 0 Å². The molecule has 0 spiro atoms. The molecule has 0 unspecified atom stereocenters. The normalized spacial score (nSPS) is 20.2. The SMILES string of the molecule is COCCO[C@H]1CCN(C(=O)c2cc(C)on2)[C@H]1Cc1ccccc1. The molecule has 6 nitrogen and oxygen atoms in total. The van der Waals surface area contributed by atoms with Gasteiger partial charge in [0, 0.05) is 19.7 Å². The van der Waals surface area contributed by atoms with E-state index in [-0.39, 0.29) is 18.1 Å². The first-order valence-electron chi connectivity index (χ1n) is 8.58. The van der Waals surface area contributed by atoms with Crippen molar-refractivity contribution >= 4 is 5.91 Å². The van der Waals surface area contributed by atoms with E-state index in [0.717, 1.165) is 12.8 Å². The number of carbonyl (C=O) groups excluding carboxylic acids is 1. The van der Waals surface area contributed by atoms with Crippen LogP contribution in [0.5, 0.6) is 0 Å². The summed E-state index contributed by atoms with van der Waals surface area (Å²) in [4.78, 5) is 14.7. The van der Waals surface area contributed by atoms with Crippen molar-refractivity contribution in [2.24, 2.45) is 0 Å². The van der Waals surface area contributed by atoms with Crippen LogP contribution in [0.15, 0.2) is 40.9 Å². The molecule has 3 rings (SSSR count). The lowest BCUT2D eigenvalue weighted by molar-refractivity contribution is 0.000369. The van der Waals surface area contributed by atoms with E-state index in [4.69, 9.17) is 14.0 Å². The summed E-state index contributed by atoms with van der Waals surface area (Å²) in [6.07, 6.45) is 1.55. The highest BCUT2D eigenvalue weighted by atomic mass is 16.5. The second-order valence-corrected chi connectivity index (χ2v) is 6.27. The third kappa shape index (κ3) is 4.27. The van der Waals surface area contributed by atoms with Gasteiger partial charge < -0.3 is 18.9 Å². The largest absolute Gasteiger partial charge is 0.382 e. The molecular formula is C19H24N2O4. The van der Waals surface area contributed by atoms with Gasteiger partial charge in [0.1, 0.15) is 5.76 Å². The zero-order chi connectivity index (χ0) is 17.6. The Labute approximate surface area is 147 Å². The van der Waals surface area contributed by atoms with E-state index in [1.807, 2.05) is 23.1 Å². The summed E-state index contributed by atoms with van der Waals surface area (Å²) in [6, 6.07) is 11.8. The molecule has 1 aliphatic rings. The van der Waals surface area contributed by atoms with E-state index >= 15 is 0 Å². The number of hydrogen-bond acceptors (Lipinski definition) is 5. The number of benzene rings is 1. The van der Waals surface area contributed by atoms with E-state index in [1.165, 1.54) is 5.56 Å². The first-order valence-corrected chi connectivity index (χ1v) is 8.58. The second kappa shape index (κ2) is 8.27. The molecule has 0 saturated carbocycles. The number of ether oxygens (including phenoxy) is 2. The van der Waals surface area contributed by atoms with E-state index in [0.29, 0.717) is 31.2 Å². The van der Waals surface area contributed by atoms with E-state index in [9.17, 15) is 4.79 Å². The predicted molar refractivity (Wildman–Crippen MR) is 92.4 cm³/mol. The van der Waals surface area contributed by atoms with E-state index in [2.05, 4.69) is 17.3 Å². The zero-order valence-corrected chi connectivity index (χ0v) is 14.7. The van der Waals surface area contributed by atoms with Gasteiger partial charge in [0.05, 0.1) is 25.4 Å². The summed E-state index contributed by atoms with van der Waals surface area (Å²) in [7, 11) is 1.65. The first kappa shape index (κ1) is 17.6. The molecular weight excluding hydrogens is 320 g/mol. The summed E-state index contributed by atoms with van der Waals surface area (Å²) in [5.74, 6) is 0.533. The van der Waals surface area contributed by atoms with E-state index in [1.54, 1.807) is 20.1 Å². The summed E-state index contributed by atoms with van der Waals surface area (Å²) >= 11 is 0. The van der Waals surface area contributed by atoms with Gasteiger partial charge in [0.15, 0.2) is 5.69 Å². The molecule has 1 fully saturated rings. The van der Waals surface area contributed by atoms with Gasteiger partial charge in [-0.15, -0.1) is 0 Å². The second-order valence-electron chi connectivity index (χ2n) is 6.27. The monoisotopic (exact) mass is 344 g/mol. The molecule has 2 aromatic rings. The molecule has 0 radical (unpaired) electrons. The van der Waals surface area contributed by atoms with Crippen LogP contribution in [-0.2, 0) is 15.9 Å². The Morgan fingerprint density at radius 3 is 2.80 bits per heavy atom. The molecule has 2 heterocycles. The van der Waals surface area contributed by atoms with Crippen molar-refractivity contribution < 1.29 is 18.8 Å². The molecule has 134 valence electrons. The number of carbonyl (C=O) groups is 1. The lowest BCUT2D eigenvalue weighted by atomic mass is 10.0. The summed E-state index contributed by atoms with van der Waals surface area (Å²) in [5, 5.41) is 3.88. The van der Waals surface area contributed by atoms with Crippen LogP contribution in [0.2, 0.25) is 0 Å². The van der Waals surface area contributed by atoms with Crippen LogP contribution in [0.3, 0.4) is 0 Å². The lowest BCUT2D eigenvalue weighted by Gasteiger charge is -2.28. The van der Waals surface area contributed by atoms with E-state index < -0.39 is 0 Å². The Hall–Kier alpha value is -2.18. The number of rotatable bonds is 7. The Balaban J connectivity index is 1.76. The van der Waals surface area contributed by atoms with Crippen LogP contribution < -0.4 is 0 Å². The van der Waals surface area contributed by atoms with Crippen LogP contribution in [0.4, 0.5) is 0 Å². The fourth-order valence-electron chi connectivity index (χ4n) is 3.27. The van der Waals surface area contributed by atoms with Crippen LogP contribution in [-0.4, -0.2) is 55.0 Å². The van der Waals surface area contributed by atoms with Crippen LogP contribution in [0.1, 0.15) is 28.2 Å². The first-order chi connectivity index (χ1) is 12.2. The fraction of sp³-hybridized carbons (Fsp3) is 0.474. The number of likely N-dealkylation sites (tertiary alicyclic amines) is 1. The molecule has 1 saturated heterocycles. The average Bonchev–Trinajstić information content (AvgIpc) is 3.22. The molecule has 2 atom stereocenters. The Morgan fingerprint density at radius 1 is 1.32 bits per heavy atom. The van der Waals surface area contributed by atoms with Gasteiger partial charge in [0.2, 0.25) is 0 Å². The third-order valence-corrected chi connectivity index (χ3v) is 4.50. The standard InChI is InChI=1S/C19H24N2O4/c1-14-12-16(20-25-14)19(22)21-9-8-18(24-11-10-23-2)17(21)13-15-6-4-3-5-7-15/h3-7,12,17-18H,8-11,13H2,1-2H3/t17-,18-/m0/s1. The highest BCUT2D eigenvalue weighted by molar-refractivity contribution is 5.92. The quantitative estimate of drug-likeness (QED) is 0.722. The molecule has 0 N–H and O–H groups in total. The number of aryl methyl sites for hydroxylation is 1. The maximum absolute atomic E-state index is 12.9. The van der Waals surface area contributed by atoms with Crippen molar-refractivity contribution in [3.05, 3.63) is 53.4 Å². The average molecular weight is 344 g/mol. The van der Waals surface area contributed by atoms with Gasteiger partial charge in [0.25, 0.3) is 5.91 Å². The Kier molecular flexibility index (Phi) is 5.83. The summed E-state index contributed by atoms with van der Waals surface area (Å²) in [6.45, 7) is 3.51. The smallest absolute Gasteiger partial charge is 0.276 e. The fourth-order valence-corrected chi connectivity index (χ4v) is 3.27. The third-order valence-electron chi connectivity index (χ3n) is 4.50. The van der Waals surface area contributed by atoms with Crippen LogP contribution in [0, 0.1) is 6.92 Å². The minimum absolute atomic E-state index is 0.00713. The number of nitrogens with zero attached hydrogens (tertiary/aromatic N) is 2. The molecule has 6 heteroatoms. The van der Waals surface area contributed by atoms with Crippen molar-refractivity contribution in [1.29, 1.82) is 0 Å². The summed E-state index contributed by atoms with van der Waals surface area (Å²) in [5.41, 5.74) is 1.54. The lowest BCUT2D eigenvalue weighted by Crippen LogP contribution is -2.42. The minimum Gasteiger partial charge on any atom is -0.382 e. The van der Waals surface area contributed by atoms with Gasteiger partial charge >= 0.3 is 0 Å². The van der Waals surface area contributed by atoms with Crippen molar-refractivity contribution in [2.75, 3.05) is 26.9 Å². The molecule has 1 aliphatic heterocycles. The highest BCUT2D eigenvalue weighted by Crippen LogP contribution is 2.26. The molecule has 1 aromatic carbocycles. The number of methoxy groups -OCH3 is 1. The topological polar surface area (TPSA) is 64.8 Å². The van der Waals surface area contributed by atoms with Gasteiger partial charge in [-0.1, -0.05) is 35.5 Å². The molecule has 0 bridgehead atoms. The van der Waals surface area contributed by atoms with Crippen molar-refractivity contribution in [1.82, 2.24) is 10.1 Å². The minimum atomic E-state index is -0.101. The number of aromatic nitrogens is 1.